The van der Waals surface area contributed by atoms with E-state index >= 15 is 0 Å². The van der Waals surface area contributed by atoms with Gasteiger partial charge in [0.25, 0.3) is 10.0 Å². The average molecular weight is 299 g/mol. The Hall–Kier alpha value is -1.54. The van der Waals surface area contributed by atoms with Crippen molar-refractivity contribution in [1.29, 1.82) is 1.28 Å². The molecule has 0 amide bonds. The van der Waals surface area contributed by atoms with Gasteiger partial charge in [-0.3, -0.25) is 4.31 Å². The molecule has 1 aromatic rings. The van der Waals surface area contributed by atoms with Crippen LogP contribution in [0.1, 0.15) is 11.1 Å². The Morgan fingerprint density at radius 2 is 2.37 bits per heavy atom. The summed E-state index contributed by atoms with van der Waals surface area (Å²) in [5, 5.41) is 10.6. The molecule has 7 heteroatoms. The molecule has 1 atom stereocenters. The highest BCUT2D eigenvalue weighted by Crippen LogP contribution is 2.33. The number of anilines is 1. The zero-order chi connectivity index (χ0) is 14.8. The predicted molar refractivity (Wildman–Crippen MR) is 76.9 cm³/mol. The van der Waals surface area contributed by atoms with Gasteiger partial charge in [0, 0.05) is 27.6 Å². The van der Waals surface area contributed by atoms with E-state index in [2.05, 4.69) is 11.8 Å². The van der Waals surface area contributed by atoms with E-state index < -0.39 is 10.0 Å². The third kappa shape index (κ3) is 2.74. The second-order valence-corrected chi connectivity index (χ2v) is 5.94. The van der Waals surface area contributed by atoms with Crippen molar-refractivity contribution in [3.63, 3.8) is 0 Å². The summed E-state index contributed by atoms with van der Waals surface area (Å²) in [7, 11) is -2.55. The molecule has 100 valence electrons. The molecule has 0 saturated heterocycles. The van der Waals surface area contributed by atoms with Gasteiger partial charge >= 0.3 is 0 Å². The lowest BCUT2D eigenvalue weighted by atomic mass is 10.1. The highest BCUT2D eigenvalue weighted by atomic mass is 32.2. The minimum absolute atomic E-state index is 0.162. The van der Waals surface area contributed by atoms with Crippen molar-refractivity contribution in [3.8, 4) is 11.8 Å². The quantitative estimate of drug-likeness (QED) is 0.510. The monoisotopic (exact) mass is 299 g/mol. The van der Waals surface area contributed by atoms with Crippen molar-refractivity contribution >= 4 is 30.9 Å². The van der Waals surface area contributed by atoms with E-state index in [0.29, 0.717) is 16.8 Å². The number of aliphatic hydroxyl groups excluding tert-OH is 1. The molecule has 0 radical (unpaired) electrons. The maximum absolute atomic E-state index is 11.7. The maximum Gasteiger partial charge on any atom is 0.260 e. The third-order valence-electron chi connectivity index (χ3n) is 2.63. The largest absolute Gasteiger partial charge is 0.506 e. The fourth-order valence-electron chi connectivity index (χ4n) is 1.69. The van der Waals surface area contributed by atoms with E-state index in [1.54, 1.807) is 18.2 Å². The van der Waals surface area contributed by atoms with Crippen molar-refractivity contribution in [2.45, 2.75) is 0 Å². The van der Waals surface area contributed by atoms with Gasteiger partial charge in [0.2, 0.25) is 0 Å². The van der Waals surface area contributed by atoms with Crippen molar-refractivity contribution in [2.75, 3.05) is 18.0 Å². The van der Waals surface area contributed by atoms with Crippen LogP contribution in [0, 0.1) is 11.8 Å². The fourth-order valence-corrected chi connectivity index (χ4v) is 2.76. The number of hydrogen-bond acceptors (Lipinski definition) is 4. The number of benzene rings is 1. The second kappa shape index (κ2) is 5.22. The van der Waals surface area contributed by atoms with Crippen LogP contribution >= 0.6 is 9.41 Å². The predicted octanol–water partition coefficient (Wildman–Crippen LogP) is 1.48. The summed E-state index contributed by atoms with van der Waals surface area (Å²) in [6.45, 7) is 0.162. The molecule has 1 heterocycles. The SMILES string of the molecule is [3H]POCC#Cc1ccc2c(c1)C(O)=CS(=O)(=O)N2C. The molecule has 2 rings (SSSR count). The normalized spacial score (nSPS) is 17.4. The molecule has 1 aliphatic rings. The summed E-state index contributed by atoms with van der Waals surface area (Å²) in [6.07, 6.45) is 0. The summed E-state index contributed by atoms with van der Waals surface area (Å²) < 4.78 is 36.2. The van der Waals surface area contributed by atoms with Crippen LogP contribution in [0.2, 0.25) is 0 Å². The number of sulfonamides is 1. The lowest BCUT2D eigenvalue weighted by Gasteiger charge is -2.24. The topological polar surface area (TPSA) is 66.8 Å². The molecule has 0 spiro atoms. The van der Waals surface area contributed by atoms with Crippen LogP contribution in [0.25, 0.3) is 5.76 Å². The Morgan fingerprint density at radius 3 is 3.11 bits per heavy atom. The smallest absolute Gasteiger partial charge is 0.260 e. The molecule has 1 aliphatic heterocycles. The van der Waals surface area contributed by atoms with Crippen LogP contribution in [0.3, 0.4) is 0 Å². The van der Waals surface area contributed by atoms with Gasteiger partial charge in [0.15, 0.2) is 0 Å². The highest BCUT2D eigenvalue weighted by Gasteiger charge is 2.26. The summed E-state index contributed by atoms with van der Waals surface area (Å²) in [4.78, 5) is 0. The molecule has 1 N–H and O–H groups in total. The Labute approximate surface area is 115 Å². The van der Waals surface area contributed by atoms with Gasteiger partial charge in [-0.25, -0.2) is 8.42 Å². The number of rotatable bonds is 2. The van der Waals surface area contributed by atoms with E-state index in [4.69, 9.17) is 5.80 Å². The Balaban J connectivity index is 2.37. The molecule has 1 aromatic carbocycles. The van der Waals surface area contributed by atoms with Crippen LogP contribution in [0.4, 0.5) is 5.69 Å². The molecular weight excluding hydrogens is 285 g/mol. The number of fused-ring (bicyclic) bond motifs is 1. The zero-order valence-corrected chi connectivity index (χ0v) is 11.9. The van der Waals surface area contributed by atoms with Crippen molar-refractivity contribution in [1.82, 2.24) is 0 Å². The van der Waals surface area contributed by atoms with Crippen molar-refractivity contribution in [3.05, 3.63) is 34.7 Å². The highest BCUT2D eigenvalue weighted by molar-refractivity contribution is 7.95. The summed E-state index contributed by atoms with van der Waals surface area (Å²) >= 11 is 0. The summed E-state index contributed by atoms with van der Waals surface area (Å²) in [5.74, 6) is 5.26. The first-order valence-corrected chi connectivity index (χ1v) is 7.18. The van der Waals surface area contributed by atoms with Gasteiger partial charge in [0.1, 0.15) is 12.4 Å². The lowest BCUT2D eigenvalue weighted by molar-refractivity contribution is 0.436. The van der Waals surface area contributed by atoms with Crippen LogP contribution in [-0.4, -0.2) is 28.5 Å². The molecule has 0 saturated carbocycles. The van der Waals surface area contributed by atoms with Crippen LogP contribution in [-0.2, 0) is 14.5 Å². The van der Waals surface area contributed by atoms with Crippen LogP contribution in [0.5, 0.6) is 0 Å². The third-order valence-corrected chi connectivity index (χ3v) is 4.26. The van der Waals surface area contributed by atoms with Gasteiger partial charge < -0.3 is 9.63 Å². The van der Waals surface area contributed by atoms with E-state index in [9.17, 15) is 13.5 Å². The van der Waals surface area contributed by atoms with Crippen molar-refractivity contribution < 1.29 is 18.0 Å². The Kier molecular flexibility index (Phi) is 3.43. The fraction of sp³-hybridized carbons (Fsp3) is 0.167. The first-order chi connectivity index (χ1) is 9.45. The molecule has 0 aliphatic carbocycles. The number of aliphatic hydroxyl groups is 1. The molecule has 0 aromatic heterocycles. The number of nitrogens with zero attached hydrogens (tertiary/aromatic N) is 1. The van der Waals surface area contributed by atoms with Crippen LogP contribution in [0.15, 0.2) is 23.6 Å². The first kappa shape index (κ1) is 12.5. The van der Waals surface area contributed by atoms with E-state index in [1.807, 2.05) is 0 Å². The van der Waals surface area contributed by atoms with Crippen molar-refractivity contribution in [2.24, 2.45) is 0 Å². The minimum Gasteiger partial charge on any atom is -0.506 e. The van der Waals surface area contributed by atoms with Gasteiger partial charge in [-0.05, 0) is 18.2 Å². The lowest BCUT2D eigenvalue weighted by Crippen LogP contribution is -2.28. The molecule has 19 heavy (non-hydrogen) atoms. The molecule has 1 unspecified atom stereocenters. The maximum atomic E-state index is 11.7. The Morgan fingerprint density at radius 1 is 1.58 bits per heavy atom. The molecule has 0 fully saturated rings. The molecule has 0 bridgehead atoms. The van der Waals surface area contributed by atoms with Gasteiger partial charge in [0.05, 0.1) is 12.4 Å². The molecule has 5 nitrogen and oxygen atoms in total. The minimum atomic E-state index is -3.62. The van der Waals surface area contributed by atoms with Gasteiger partial charge in [-0.2, -0.15) is 0 Å². The second-order valence-electron chi connectivity index (χ2n) is 3.84. The van der Waals surface area contributed by atoms with E-state index in [-0.39, 0.29) is 21.8 Å². The van der Waals surface area contributed by atoms with Gasteiger partial charge in [-0.1, -0.05) is 11.8 Å². The Bertz CT molecular complexity index is 721. The standard InChI is InChI=1S/C12H12NO4PS/c1-13-11-5-4-9(3-2-6-17-18)7-10(11)12(14)8-19(13,15)16/h4-5,7-8,14H,6,18H2,1H3/i18T. The van der Waals surface area contributed by atoms with Gasteiger partial charge in [-0.15, -0.1) is 0 Å². The zero-order valence-electron chi connectivity index (χ0n) is 11.0. The first-order valence-electron chi connectivity index (χ1n) is 5.77. The average Bonchev–Trinajstić information content (AvgIpc) is 2.41. The summed E-state index contributed by atoms with van der Waals surface area (Å²) in [5.41, 5.74) is 1.45. The number of hydrogen-bond donors (Lipinski definition) is 1. The van der Waals surface area contributed by atoms with E-state index in [1.165, 1.54) is 7.05 Å². The summed E-state index contributed by atoms with van der Waals surface area (Å²) in [6, 6.07) is 4.87. The van der Waals surface area contributed by atoms with E-state index in [0.717, 1.165) is 9.71 Å². The molecular formula is C12H12NO4PS. The van der Waals surface area contributed by atoms with Crippen LogP contribution < -0.4 is 4.31 Å².